The molecule has 2 aromatic carbocycles. The van der Waals surface area contributed by atoms with E-state index in [1.165, 1.54) is 16.4 Å². The van der Waals surface area contributed by atoms with Crippen LogP contribution >= 0.6 is 11.8 Å². The van der Waals surface area contributed by atoms with Gasteiger partial charge in [-0.25, -0.2) is 9.48 Å². The molecule has 0 saturated carbocycles. The molecule has 33 heavy (non-hydrogen) atoms. The number of anilines is 2. The average molecular weight is 467 g/mol. The van der Waals surface area contributed by atoms with Crippen LogP contribution in [0.25, 0.3) is 5.69 Å². The highest BCUT2D eigenvalue weighted by atomic mass is 32.2. The number of thioether (sulfide) groups is 1. The maximum Gasteiger partial charge on any atom is 0.328 e. The van der Waals surface area contributed by atoms with Crippen LogP contribution in [0.2, 0.25) is 0 Å². The van der Waals surface area contributed by atoms with Gasteiger partial charge in [0.25, 0.3) is 5.56 Å². The van der Waals surface area contributed by atoms with E-state index in [-0.39, 0.29) is 22.9 Å². The Balaban J connectivity index is 1.61. The lowest BCUT2D eigenvalue weighted by Gasteiger charge is -2.07. The zero-order chi connectivity index (χ0) is 24.0. The molecule has 0 saturated heterocycles. The lowest BCUT2D eigenvalue weighted by atomic mass is 10.3. The third-order valence-electron chi connectivity index (χ3n) is 4.69. The number of carboxylic acid groups (broad SMARTS) is 1. The maximum atomic E-state index is 12.9. The zero-order valence-corrected chi connectivity index (χ0v) is 18.8. The lowest BCUT2D eigenvalue weighted by Crippen LogP contribution is -2.23. The van der Waals surface area contributed by atoms with Crippen LogP contribution in [0.3, 0.4) is 0 Å². The molecule has 0 atom stereocenters. The second kappa shape index (κ2) is 10.5. The predicted octanol–water partition coefficient (Wildman–Crippen LogP) is 2.79. The number of nitrogens with one attached hydrogen (secondary N) is 2. The Kier molecular flexibility index (Phi) is 7.52. The largest absolute Gasteiger partial charge is 0.478 e. The summed E-state index contributed by atoms with van der Waals surface area (Å²) in [5.74, 6) is -2.00. The molecular weight excluding hydrogens is 444 g/mol. The minimum absolute atomic E-state index is 0.0895. The Morgan fingerprint density at radius 1 is 1.00 bits per heavy atom. The molecule has 3 rings (SSSR count). The molecule has 2 amide bonds. The third-order valence-corrected chi connectivity index (χ3v) is 5.70. The summed E-state index contributed by atoms with van der Waals surface area (Å²) in [5.41, 5.74) is 1.76. The van der Waals surface area contributed by atoms with E-state index in [1.807, 2.05) is 30.3 Å². The van der Waals surface area contributed by atoms with Gasteiger partial charge >= 0.3 is 5.97 Å². The Morgan fingerprint density at radius 2 is 1.67 bits per heavy atom. The fourth-order valence-electron chi connectivity index (χ4n) is 3.00. The molecule has 0 aliphatic rings. The van der Waals surface area contributed by atoms with E-state index in [1.54, 1.807) is 42.9 Å². The van der Waals surface area contributed by atoms with Crippen molar-refractivity contribution in [2.45, 2.75) is 11.8 Å². The van der Waals surface area contributed by atoms with Gasteiger partial charge < -0.3 is 15.7 Å². The number of benzene rings is 2. The highest BCUT2D eigenvalue weighted by Crippen LogP contribution is 2.21. The molecule has 0 fully saturated rings. The van der Waals surface area contributed by atoms with E-state index in [0.717, 1.165) is 17.0 Å². The van der Waals surface area contributed by atoms with Gasteiger partial charge in [-0.05, 0) is 43.3 Å². The molecule has 0 aliphatic carbocycles. The Labute approximate surface area is 193 Å². The van der Waals surface area contributed by atoms with Crippen LogP contribution in [0.1, 0.15) is 5.69 Å². The van der Waals surface area contributed by atoms with Crippen LogP contribution in [-0.4, -0.2) is 38.0 Å². The number of aliphatic carboxylic acids is 1. The van der Waals surface area contributed by atoms with Crippen molar-refractivity contribution in [2.24, 2.45) is 7.05 Å². The number of amides is 2. The summed E-state index contributed by atoms with van der Waals surface area (Å²) < 4.78 is 3.19. The predicted molar refractivity (Wildman–Crippen MR) is 127 cm³/mol. The van der Waals surface area contributed by atoms with Gasteiger partial charge in [0.1, 0.15) is 5.69 Å². The molecule has 0 bridgehead atoms. The summed E-state index contributed by atoms with van der Waals surface area (Å²) in [6.07, 6.45) is 1.67. The Bertz CT molecular complexity index is 1260. The van der Waals surface area contributed by atoms with Crippen LogP contribution in [-0.2, 0) is 21.4 Å². The Morgan fingerprint density at radius 3 is 2.30 bits per heavy atom. The highest BCUT2D eigenvalue weighted by Gasteiger charge is 2.18. The van der Waals surface area contributed by atoms with E-state index in [2.05, 4.69) is 10.6 Å². The summed E-state index contributed by atoms with van der Waals surface area (Å²) in [6, 6.07) is 15.9. The molecule has 0 unspecified atom stereocenters. The molecule has 1 heterocycles. The number of carbonyl (C=O) groups excluding carboxylic acids is 2. The first-order valence-corrected chi connectivity index (χ1v) is 10.8. The number of hydrogen-bond acceptors (Lipinski definition) is 5. The van der Waals surface area contributed by atoms with Crippen LogP contribution < -0.4 is 16.2 Å². The summed E-state index contributed by atoms with van der Waals surface area (Å²) in [5, 5.41) is 13.8. The standard InChI is InChI=1S/C23H22N4O5S/c1-15-22(23(32)27(26(15)2)17-6-4-3-5-7-17)25-20(29)14-33-18-10-8-16(9-11-18)24-19(28)12-13-21(30)31/h3-13H,14H2,1-2H3,(H,24,28)(H,25,29)(H,30,31)/b13-12+. The van der Waals surface area contributed by atoms with E-state index in [9.17, 15) is 19.2 Å². The monoisotopic (exact) mass is 466 g/mol. The van der Waals surface area contributed by atoms with Crippen molar-refractivity contribution in [1.82, 2.24) is 9.36 Å². The molecule has 0 spiro atoms. The fourth-order valence-corrected chi connectivity index (χ4v) is 3.70. The first-order valence-electron chi connectivity index (χ1n) is 9.85. The fraction of sp³-hybridized carbons (Fsp3) is 0.130. The second-order valence-electron chi connectivity index (χ2n) is 6.96. The quantitative estimate of drug-likeness (QED) is 0.347. The lowest BCUT2D eigenvalue weighted by molar-refractivity contribution is -0.131. The van der Waals surface area contributed by atoms with E-state index in [4.69, 9.17) is 5.11 Å². The molecule has 3 aromatic rings. The molecule has 0 aliphatic heterocycles. The summed E-state index contributed by atoms with van der Waals surface area (Å²) in [6.45, 7) is 1.77. The molecular formula is C23H22N4O5S. The summed E-state index contributed by atoms with van der Waals surface area (Å²) in [4.78, 5) is 48.2. The molecule has 9 nitrogen and oxygen atoms in total. The smallest absolute Gasteiger partial charge is 0.328 e. The van der Waals surface area contributed by atoms with Crippen LogP contribution in [0.15, 0.2) is 76.4 Å². The van der Waals surface area contributed by atoms with Crippen molar-refractivity contribution >= 4 is 40.9 Å². The first kappa shape index (κ1) is 23.6. The van der Waals surface area contributed by atoms with Crippen molar-refractivity contribution < 1.29 is 19.5 Å². The van der Waals surface area contributed by atoms with Crippen molar-refractivity contribution in [1.29, 1.82) is 0 Å². The molecule has 3 N–H and O–H groups in total. The number of aromatic nitrogens is 2. The minimum Gasteiger partial charge on any atom is -0.478 e. The van der Waals surface area contributed by atoms with Crippen molar-refractivity contribution in [3.8, 4) is 5.69 Å². The van der Waals surface area contributed by atoms with E-state index < -0.39 is 11.9 Å². The van der Waals surface area contributed by atoms with Crippen LogP contribution in [0, 0.1) is 6.92 Å². The SMILES string of the molecule is Cc1c(NC(=O)CSc2ccc(NC(=O)/C=C/C(=O)O)cc2)c(=O)n(-c2ccccc2)n1C. The van der Waals surface area contributed by atoms with Gasteiger partial charge in [0.15, 0.2) is 0 Å². The maximum absolute atomic E-state index is 12.9. The first-order chi connectivity index (χ1) is 15.8. The number of rotatable bonds is 8. The molecule has 10 heteroatoms. The number of para-hydroxylation sites is 1. The normalized spacial score (nSPS) is 10.8. The number of nitrogens with zero attached hydrogens (tertiary/aromatic N) is 2. The van der Waals surface area contributed by atoms with Crippen molar-refractivity contribution in [2.75, 3.05) is 16.4 Å². The third kappa shape index (κ3) is 6.01. The van der Waals surface area contributed by atoms with Gasteiger partial charge in [0.2, 0.25) is 11.8 Å². The summed E-state index contributed by atoms with van der Waals surface area (Å²) in [7, 11) is 1.76. The van der Waals surface area contributed by atoms with Gasteiger partial charge in [-0.15, -0.1) is 11.8 Å². The Hall–Kier alpha value is -4.05. The second-order valence-corrected chi connectivity index (χ2v) is 8.01. The van der Waals surface area contributed by atoms with Gasteiger partial charge in [0.05, 0.1) is 17.1 Å². The molecule has 170 valence electrons. The molecule has 1 aromatic heterocycles. The zero-order valence-electron chi connectivity index (χ0n) is 17.9. The topological polar surface area (TPSA) is 122 Å². The molecule has 0 radical (unpaired) electrons. The minimum atomic E-state index is -1.21. The number of carbonyl (C=O) groups is 3. The van der Waals surface area contributed by atoms with Crippen molar-refractivity contribution in [3.63, 3.8) is 0 Å². The number of hydrogen-bond donors (Lipinski definition) is 3. The van der Waals surface area contributed by atoms with Gasteiger partial charge in [0, 0.05) is 29.8 Å². The van der Waals surface area contributed by atoms with Gasteiger partial charge in [-0.2, -0.15) is 0 Å². The summed E-state index contributed by atoms with van der Waals surface area (Å²) >= 11 is 1.28. The van der Waals surface area contributed by atoms with E-state index in [0.29, 0.717) is 17.1 Å². The van der Waals surface area contributed by atoms with Crippen LogP contribution in [0.5, 0.6) is 0 Å². The average Bonchev–Trinajstić information content (AvgIpc) is 3.01. The van der Waals surface area contributed by atoms with E-state index >= 15 is 0 Å². The highest BCUT2D eigenvalue weighted by molar-refractivity contribution is 8.00. The van der Waals surface area contributed by atoms with Gasteiger partial charge in [-0.3, -0.25) is 19.1 Å². The van der Waals surface area contributed by atoms with Gasteiger partial charge in [-0.1, -0.05) is 18.2 Å². The number of carboxylic acids is 1. The van der Waals surface area contributed by atoms with Crippen LogP contribution in [0.4, 0.5) is 11.4 Å². The van der Waals surface area contributed by atoms with Crippen molar-refractivity contribution in [3.05, 3.63) is 82.8 Å².